The summed E-state index contributed by atoms with van der Waals surface area (Å²) in [6.45, 7) is 4.73. The second-order valence-electron chi connectivity index (χ2n) is 7.97. The molecule has 4 atom stereocenters. The summed E-state index contributed by atoms with van der Waals surface area (Å²) in [5.41, 5.74) is 17.3. The van der Waals surface area contributed by atoms with Crippen molar-refractivity contribution in [3.63, 3.8) is 0 Å². The van der Waals surface area contributed by atoms with E-state index in [4.69, 9.17) is 11.5 Å². The summed E-state index contributed by atoms with van der Waals surface area (Å²) in [7, 11) is 0. The second-order valence-corrected chi connectivity index (χ2v) is 7.97. The molecule has 4 heteroatoms. The van der Waals surface area contributed by atoms with Crippen LogP contribution in [0.25, 0.3) is 11.1 Å². The number of nitrogens with two attached hydrogens (primary N) is 2. The molecule has 1 amide bonds. The Balaban J connectivity index is 1.92. The Morgan fingerprint density at radius 3 is 2.67 bits per heavy atom. The van der Waals surface area contributed by atoms with Gasteiger partial charge in [-0.25, -0.2) is 0 Å². The lowest BCUT2D eigenvalue weighted by atomic mass is 9.87. The zero-order chi connectivity index (χ0) is 19.6. The highest BCUT2D eigenvalue weighted by Crippen LogP contribution is 2.40. The molecule has 0 spiro atoms. The molecule has 0 aliphatic heterocycles. The van der Waals surface area contributed by atoms with Gasteiger partial charge in [0, 0.05) is 12.5 Å². The normalized spacial score (nSPS) is 20.9. The monoisotopic (exact) mass is 366 g/mol. The number of carbonyl (C=O) groups is 1. The largest absolute Gasteiger partial charge is 0.392 e. The van der Waals surface area contributed by atoms with Crippen molar-refractivity contribution < 1.29 is 9.90 Å². The Morgan fingerprint density at radius 2 is 1.96 bits per heavy atom. The number of carbonyl (C=O) groups excluding carboxylic acids is 1. The molecule has 0 aromatic heterocycles. The molecule has 2 aromatic carbocycles. The molecule has 0 bridgehead atoms. The van der Waals surface area contributed by atoms with Gasteiger partial charge < -0.3 is 16.6 Å². The van der Waals surface area contributed by atoms with Crippen LogP contribution < -0.4 is 11.5 Å². The van der Waals surface area contributed by atoms with Crippen molar-refractivity contribution in [2.45, 2.75) is 45.1 Å². The smallest absolute Gasteiger partial charge is 0.220 e. The predicted octanol–water partition coefficient (Wildman–Crippen LogP) is 3.00. The lowest BCUT2D eigenvalue weighted by Crippen LogP contribution is -2.32. The van der Waals surface area contributed by atoms with Gasteiger partial charge in [0.15, 0.2) is 0 Å². The molecular weight excluding hydrogens is 336 g/mol. The summed E-state index contributed by atoms with van der Waals surface area (Å²) >= 11 is 0. The number of primary amides is 1. The average Bonchev–Trinajstić information content (AvgIpc) is 2.95. The molecular formula is C23H30N2O2. The second kappa shape index (κ2) is 8.24. The SMILES string of the molecule is C[C@@H]1Cc2ccc(-c3ccccc3C[C@H](C[C@H](O)CN)C(N)=O)cc2[C@@H]1C. The van der Waals surface area contributed by atoms with Gasteiger partial charge in [-0.05, 0) is 58.9 Å². The highest BCUT2D eigenvalue weighted by molar-refractivity contribution is 5.78. The van der Waals surface area contributed by atoms with E-state index in [0.29, 0.717) is 24.7 Å². The third-order valence-corrected chi connectivity index (χ3v) is 6.06. The van der Waals surface area contributed by atoms with Crippen LogP contribution in [0.15, 0.2) is 42.5 Å². The van der Waals surface area contributed by atoms with Crippen LogP contribution in [0.4, 0.5) is 0 Å². The van der Waals surface area contributed by atoms with Crippen LogP contribution in [-0.2, 0) is 17.6 Å². The number of fused-ring (bicyclic) bond motifs is 1. The van der Waals surface area contributed by atoms with E-state index in [1.165, 1.54) is 16.7 Å². The highest BCUT2D eigenvalue weighted by Gasteiger charge is 2.26. The Hall–Kier alpha value is -2.17. The van der Waals surface area contributed by atoms with Crippen LogP contribution in [0.1, 0.15) is 42.9 Å². The molecule has 0 fully saturated rings. The fraction of sp³-hybridized carbons (Fsp3) is 0.435. The van der Waals surface area contributed by atoms with E-state index in [-0.39, 0.29) is 6.54 Å². The van der Waals surface area contributed by atoms with Crippen LogP contribution in [0.3, 0.4) is 0 Å². The summed E-state index contributed by atoms with van der Waals surface area (Å²) in [4.78, 5) is 11.9. The van der Waals surface area contributed by atoms with Crippen LogP contribution in [0, 0.1) is 11.8 Å². The van der Waals surface area contributed by atoms with Crippen molar-refractivity contribution in [1.29, 1.82) is 0 Å². The van der Waals surface area contributed by atoms with Crippen molar-refractivity contribution in [3.05, 3.63) is 59.2 Å². The topological polar surface area (TPSA) is 89.3 Å². The molecule has 0 heterocycles. The van der Waals surface area contributed by atoms with Crippen molar-refractivity contribution in [3.8, 4) is 11.1 Å². The number of aliphatic hydroxyl groups is 1. The van der Waals surface area contributed by atoms with E-state index in [9.17, 15) is 9.90 Å². The standard InChI is InChI=1S/C23H30N2O2/c1-14-9-17-7-8-18(12-22(17)15(14)2)21-6-4-3-5-16(21)10-19(23(25)27)11-20(26)13-24/h3-8,12,14-15,19-20,26H,9-11,13,24H2,1-2H3,(H2,25,27)/t14-,15-,19-,20+/m1/s1. The molecule has 1 aliphatic rings. The molecule has 0 saturated heterocycles. The van der Waals surface area contributed by atoms with Crippen LogP contribution in [0.5, 0.6) is 0 Å². The van der Waals surface area contributed by atoms with Crippen molar-refractivity contribution in [2.24, 2.45) is 23.3 Å². The molecule has 144 valence electrons. The average molecular weight is 367 g/mol. The zero-order valence-electron chi connectivity index (χ0n) is 16.2. The summed E-state index contributed by atoms with van der Waals surface area (Å²) in [5, 5.41) is 9.87. The molecule has 2 aromatic rings. The summed E-state index contributed by atoms with van der Waals surface area (Å²) < 4.78 is 0. The third-order valence-electron chi connectivity index (χ3n) is 6.06. The fourth-order valence-corrected chi connectivity index (χ4v) is 4.17. The Kier molecular flexibility index (Phi) is 5.98. The van der Waals surface area contributed by atoms with Crippen LogP contribution >= 0.6 is 0 Å². The molecule has 27 heavy (non-hydrogen) atoms. The molecule has 0 unspecified atom stereocenters. The Labute approximate surface area is 161 Å². The van der Waals surface area contributed by atoms with Gasteiger partial charge in [0.25, 0.3) is 0 Å². The first-order valence-corrected chi connectivity index (χ1v) is 9.79. The maximum Gasteiger partial charge on any atom is 0.220 e. The van der Waals surface area contributed by atoms with Gasteiger partial charge in [0.2, 0.25) is 5.91 Å². The van der Waals surface area contributed by atoms with Crippen molar-refractivity contribution in [1.82, 2.24) is 0 Å². The van der Waals surface area contributed by atoms with Gasteiger partial charge in [0.05, 0.1) is 6.10 Å². The van der Waals surface area contributed by atoms with E-state index in [0.717, 1.165) is 17.5 Å². The first kappa shape index (κ1) is 19.6. The molecule has 5 N–H and O–H groups in total. The maximum absolute atomic E-state index is 11.9. The molecule has 0 saturated carbocycles. The van der Waals surface area contributed by atoms with Crippen molar-refractivity contribution in [2.75, 3.05) is 6.54 Å². The predicted molar refractivity (Wildman–Crippen MR) is 109 cm³/mol. The molecule has 3 rings (SSSR count). The number of hydrogen-bond donors (Lipinski definition) is 3. The van der Waals surface area contributed by atoms with Gasteiger partial charge >= 0.3 is 0 Å². The summed E-state index contributed by atoms with van der Waals surface area (Å²) in [5.74, 6) is 0.402. The van der Waals surface area contributed by atoms with E-state index in [1.54, 1.807) is 0 Å². The van der Waals surface area contributed by atoms with E-state index in [1.807, 2.05) is 18.2 Å². The first-order valence-electron chi connectivity index (χ1n) is 9.79. The molecule has 1 aliphatic carbocycles. The highest BCUT2D eigenvalue weighted by atomic mass is 16.3. The number of aliphatic hydroxyl groups excluding tert-OH is 1. The minimum atomic E-state index is -0.711. The maximum atomic E-state index is 11.9. The Bertz CT molecular complexity index is 818. The number of rotatable bonds is 7. The fourth-order valence-electron chi connectivity index (χ4n) is 4.17. The van der Waals surface area contributed by atoms with E-state index in [2.05, 4.69) is 38.1 Å². The van der Waals surface area contributed by atoms with Crippen molar-refractivity contribution >= 4 is 5.91 Å². The molecule has 0 radical (unpaired) electrons. The molecule has 4 nitrogen and oxygen atoms in total. The number of benzene rings is 2. The van der Waals surface area contributed by atoms with Gasteiger partial charge in [-0.15, -0.1) is 0 Å². The summed E-state index contributed by atoms with van der Waals surface area (Å²) in [6.07, 6.45) is 1.22. The van der Waals surface area contributed by atoms with Gasteiger partial charge in [-0.3, -0.25) is 4.79 Å². The zero-order valence-corrected chi connectivity index (χ0v) is 16.2. The van der Waals surface area contributed by atoms with Gasteiger partial charge in [-0.2, -0.15) is 0 Å². The number of amides is 1. The Morgan fingerprint density at radius 1 is 1.22 bits per heavy atom. The van der Waals surface area contributed by atoms with Crippen LogP contribution in [-0.4, -0.2) is 23.7 Å². The lowest BCUT2D eigenvalue weighted by Gasteiger charge is -2.19. The summed E-state index contributed by atoms with van der Waals surface area (Å²) in [6, 6.07) is 14.9. The third kappa shape index (κ3) is 4.23. The van der Waals surface area contributed by atoms with E-state index < -0.39 is 17.9 Å². The minimum Gasteiger partial charge on any atom is -0.392 e. The number of hydrogen-bond acceptors (Lipinski definition) is 3. The van der Waals surface area contributed by atoms with Gasteiger partial charge in [0.1, 0.15) is 0 Å². The minimum absolute atomic E-state index is 0.131. The lowest BCUT2D eigenvalue weighted by molar-refractivity contribution is -0.122. The quantitative estimate of drug-likeness (QED) is 0.704. The first-order chi connectivity index (χ1) is 12.9. The van der Waals surface area contributed by atoms with Gasteiger partial charge in [-0.1, -0.05) is 56.3 Å². The van der Waals surface area contributed by atoms with Crippen LogP contribution in [0.2, 0.25) is 0 Å². The van der Waals surface area contributed by atoms with E-state index >= 15 is 0 Å².